The first-order valence-corrected chi connectivity index (χ1v) is 7.06. The Labute approximate surface area is 111 Å². The third kappa shape index (κ3) is 4.79. The molecule has 0 heterocycles. The molecule has 0 aromatic carbocycles. The van der Waals surface area contributed by atoms with Gasteiger partial charge in [-0.25, -0.2) is 0 Å². The third-order valence-corrected chi connectivity index (χ3v) is 3.26. The first-order valence-electron chi connectivity index (χ1n) is 7.06. The van der Waals surface area contributed by atoms with Gasteiger partial charge in [0.15, 0.2) is 0 Å². The summed E-state index contributed by atoms with van der Waals surface area (Å²) in [5.41, 5.74) is 0. The molecule has 0 aromatic heterocycles. The molecule has 18 heavy (non-hydrogen) atoms. The maximum atomic E-state index is 12.1. The molecular formula is C15H28O3. The van der Waals surface area contributed by atoms with Crippen LogP contribution in [0.15, 0.2) is 0 Å². The SMILES string of the molecule is CCCOC(=O)C(C(C)C)C(C(=O)CC)C(C)C. The van der Waals surface area contributed by atoms with Crippen molar-refractivity contribution in [1.29, 1.82) is 0 Å². The summed E-state index contributed by atoms with van der Waals surface area (Å²) in [6, 6.07) is 0. The number of hydrogen-bond acceptors (Lipinski definition) is 3. The first kappa shape index (κ1) is 17.1. The number of carbonyl (C=O) groups is 2. The topological polar surface area (TPSA) is 43.4 Å². The Bertz CT molecular complexity index is 269. The van der Waals surface area contributed by atoms with E-state index in [9.17, 15) is 9.59 Å². The van der Waals surface area contributed by atoms with Crippen molar-refractivity contribution in [3.05, 3.63) is 0 Å². The fourth-order valence-electron chi connectivity index (χ4n) is 2.35. The number of hydrogen-bond donors (Lipinski definition) is 0. The lowest BCUT2D eigenvalue weighted by atomic mass is 9.74. The van der Waals surface area contributed by atoms with Crippen LogP contribution < -0.4 is 0 Å². The normalized spacial score (nSPS) is 14.7. The van der Waals surface area contributed by atoms with Gasteiger partial charge in [0, 0.05) is 12.3 Å². The van der Waals surface area contributed by atoms with Crippen LogP contribution in [0.5, 0.6) is 0 Å². The highest BCUT2D eigenvalue weighted by Crippen LogP contribution is 2.30. The van der Waals surface area contributed by atoms with Gasteiger partial charge in [0.25, 0.3) is 0 Å². The smallest absolute Gasteiger partial charge is 0.309 e. The highest BCUT2D eigenvalue weighted by atomic mass is 16.5. The van der Waals surface area contributed by atoms with Crippen molar-refractivity contribution in [1.82, 2.24) is 0 Å². The molecule has 0 aliphatic carbocycles. The molecule has 0 N–H and O–H groups in total. The molecule has 0 saturated heterocycles. The van der Waals surface area contributed by atoms with Crippen LogP contribution >= 0.6 is 0 Å². The summed E-state index contributed by atoms with van der Waals surface area (Å²) in [4.78, 5) is 24.2. The van der Waals surface area contributed by atoms with E-state index in [4.69, 9.17) is 4.74 Å². The van der Waals surface area contributed by atoms with Crippen molar-refractivity contribution < 1.29 is 14.3 Å². The molecule has 0 amide bonds. The minimum atomic E-state index is -0.316. The fourth-order valence-corrected chi connectivity index (χ4v) is 2.35. The molecule has 0 aliphatic heterocycles. The Balaban J connectivity index is 5.03. The van der Waals surface area contributed by atoms with Gasteiger partial charge < -0.3 is 4.74 Å². The maximum Gasteiger partial charge on any atom is 0.309 e. The van der Waals surface area contributed by atoms with Crippen molar-refractivity contribution in [2.24, 2.45) is 23.7 Å². The standard InChI is InChI=1S/C15H28O3/c1-7-9-18-15(17)14(11(5)6)13(10(3)4)12(16)8-2/h10-11,13-14H,7-9H2,1-6H3. The van der Waals surface area contributed by atoms with Gasteiger partial charge in [0.1, 0.15) is 5.78 Å². The minimum Gasteiger partial charge on any atom is -0.465 e. The first-order chi connectivity index (χ1) is 8.36. The second-order valence-electron chi connectivity index (χ2n) is 5.53. The van der Waals surface area contributed by atoms with Gasteiger partial charge in [-0.15, -0.1) is 0 Å². The van der Waals surface area contributed by atoms with Crippen LogP contribution in [0.3, 0.4) is 0 Å². The Kier molecular flexibility index (Phi) is 7.88. The third-order valence-electron chi connectivity index (χ3n) is 3.26. The van der Waals surface area contributed by atoms with E-state index >= 15 is 0 Å². The predicted molar refractivity (Wildman–Crippen MR) is 73.2 cm³/mol. The number of Topliss-reactive ketones (excluding diaryl/α,β-unsaturated/α-hetero) is 1. The lowest BCUT2D eigenvalue weighted by molar-refractivity contribution is -0.156. The van der Waals surface area contributed by atoms with Gasteiger partial charge in [-0.3, -0.25) is 9.59 Å². The zero-order valence-electron chi connectivity index (χ0n) is 12.7. The van der Waals surface area contributed by atoms with E-state index in [1.807, 2.05) is 41.5 Å². The lowest BCUT2D eigenvalue weighted by Gasteiger charge is -2.30. The van der Waals surface area contributed by atoms with Crippen LogP contribution in [-0.4, -0.2) is 18.4 Å². The number of esters is 1. The zero-order chi connectivity index (χ0) is 14.3. The van der Waals surface area contributed by atoms with Crippen LogP contribution in [0.25, 0.3) is 0 Å². The number of carbonyl (C=O) groups excluding carboxylic acids is 2. The Morgan fingerprint density at radius 2 is 1.44 bits per heavy atom. The number of ether oxygens (including phenoxy) is 1. The highest BCUT2D eigenvalue weighted by molar-refractivity contribution is 5.87. The molecule has 2 unspecified atom stereocenters. The Morgan fingerprint density at radius 1 is 0.944 bits per heavy atom. The maximum absolute atomic E-state index is 12.1. The van der Waals surface area contributed by atoms with Crippen molar-refractivity contribution in [3.8, 4) is 0 Å². The van der Waals surface area contributed by atoms with Gasteiger partial charge in [-0.05, 0) is 18.3 Å². The van der Waals surface area contributed by atoms with E-state index in [1.54, 1.807) is 0 Å². The lowest BCUT2D eigenvalue weighted by Crippen LogP contribution is -2.37. The summed E-state index contributed by atoms with van der Waals surface area (Å²) >= 11 is 0. The Morgan fingerprint density at radius 3 is 1.78 bits per heavy atom. The summed E-state index contributed by atoms with van der Waals surface area (Å²) in [5, 5.41) is 0. The van der Waals surface area contributed by atoms with Crippen molar-refractivity contribution in [2.45, 2.75) is 54.4 Å². The largest absolute Gasteiger partial charge is 0.465 e. The number of ketones is 1. The summed E-state index contributed by atoms with van der Waals surface area (Å²) in [7, 11) is 0. The van der Waals surface area contributed by atoms with Crippen LogP contribution in [0.1, 0.15) is 54.4 Å². The van der Waals surface area contributed by atoms with E-state index in [1.165, 1.54) is 0 Å². The molecule has 0 rings (SSSR count). The average molecular weight is 256 g/mol. The molecule has 0 aromatic rings. The molecule has 2 atom stereocenters. The summed E-state index contributed by atoms with van der Waals surface area (Å²) in [6.45, 7) is 12.2. The predicted octanol–water partition coefficient (Wildman–Crippen LogP) is 3.46. The van der Waals surface area contributed by atoms with E-state index < -0.39 is 0 Å². The molecule has 0 aliphatic rings. The molecular weight excluding hydrogens is 228 g/mol. The van der Waals surface area contributed by atoms with Gasteiger partial charge >= 0.3 is 5.97 Å². The summed E-state index contributed by atoms with van der Waals surface area (Å²) in [5.74, 6) is -0.302. The van der Waals surface area contributed by atoms with Crippen molar-refractivity contribution >= 4 is 11.8 Å². The zero-order valence-corrected chi connectivity index (χ0v) is 12.7. The van der Waals surface area contributed by atoms with Gasteiger partial charge in [-0.2, -0.15) is 0 Å². The highest BCUT2D eigenvalue weighted by Gasteiger charge is 2.37. The molecule has 0 fully saturated rings. The van der Waals surface area contributed by atoms with Crippen molar-refractivity contribution in [3.63, 3.8) is 0 Å². The molecule has 3 nitrogen and oxygen atoms in total. The van der Waals surface area contributed by atoms with Crippen molar-refractivity contribution in [2.75, 3.05) is 6.61 Å². The average Bonchev–Trinajstić information content (AvgIpc) is 2.30. The van der Waals surface area contributed by atoms with Crippen LogP contribution in [0.2, 0.25) is 0 Å². The number of rotatable bonds is 8. The van der Waals surface area contributed by atoms with Crippen LogP contribution in [-0.2, 0) is 14.3 Å². The van der Waals surface area contributed by atoms with Crippen LogP contribution in [0, 0.1) is 23.7 Å². The van der Waals surface area contributed by atoms with E-state index in [2.05, 4.69) is 0 Å². The van der Waals surface area contributed by atoms with E-state index in [0.717, 1.165) is 6.42 Å². The summed E-state index contributed by atoms with van der Waals surface area (Å²) in [6.07, 6.45) is 1.29. The second-order valence-corrected chi connectivity index (χ2v) is 5.53. The molecule has 0 saturated carbocycles. The van der Waals surface area contributed by atoms with E-state index in [-0.39, 0.29) is 35.4 Å². The summed E-state index contributed by atoms with van der Waals surface area (Å²) < 4.78 is 5.25. The van der Waals surface area contributed by atoms with Gasteiger partial charge in [0.05, 0.1) is 12.5 Å². The molecule has 0 spiro atoms. The minimum absolute atomic E-state index is 0.122. The van der Waals surface area contributed by atoms with Gasteiger partial charge in [0.2, 0.25) is 0 Å². The van der Waals surface area contributed by atoms with Crippen LogP contribution in [0.4, 0.5) is 0 Å². The van der Waals surface area contributed by atoms with Gasteiger partial charge in [-0.1, -0.05) is 41.5 Å². The molecule has 0 radical (unpaired) electrons. The fraction of sp³-hybridized carbons (Fsp3) is 0.867. The molecule has 3 heteroatoms. The molecule has 0 bridgehead atoms. The second kappa shape index (κ2) is 8.28. The van der Waals surface area contributed by atoms with E-state index in [0.29, 0.717) is 13.0 Å². The quantitative estimate of drug-likeness (QED) is 0.625. The monoisotopic (exact) mass is 256 g/mol. The Hall–Kier alpha value is -0.860. The molecule has 106 valence electrons.